The number of rotatable bonds is 2. The number of hydrogen-bond donors (Lipinski definition) is 2. The van der Waals surface area contributed by atoms with E-state index >= 15 is 0 Å². The molecule has 53 heavy (non-hydrogen) atoms. The fourth-order valence-electron chi connectivity index (χ4n) is 6.32. The van der Waals surface area contributed by atoms with Crippen LogP contribution in [0.15, 0.2) is 94.5 Å². The minimum absolute atomic E-state index is 0. The van der Waals surface area contributed by atoms with Gasteiger partial charge in [0.15, 0.2) is 0 Å². The van der Waals surface area contributed by atoms with Gasteiger partial charge < -0.3 is 24.8 Å². The van der Waals surface area contributed by atoms with E-state index in [1.807, 2.05) is 48.5 Å². The molecule has 6 aromatic rings. The SMILES string of the molecule is CC(C)(C)c1ccc(-c2n[nH]c(=O)c3ccccc23)c(C(C)(C)C)c1.CC(C)(C)c1ccc(-c2n[nH]c(=O)c3ccccc23)c(C(C)(C)C)c1.[Cl-].[Cl-].[Ti+2]. The van der Waals surface area contributed by atoms with E-state index in [4.69, 9.17) is 0 Å². The number of fused-ring (bicyclic) bond motifs is 2. The second-order valence-corrected chi connectivity index (χ2v) is 17.4. The zero-order valence-corrected chi connectivity index (χ0v) is 36.1. The van der Waals surface area contributed by atoms with Gasteiger partial charge in [-0.15, -0.1) is 0 Å². The van der Waals surface area contributed by atoms with Gasteiger partial charge in [0.1, 0.15) is 0 Å². The van der Waals surface area contributed by atoms with Crippen molar-refractivity contribution in [1.29, 1.82) is 0 Å². The summed E-state index contributed by atoms with van der Waals surface area (Å²) in [5.41, 5.74) is 8.70. The van der Waals surface area contributed by atoms with E-state index in [-0.39, 0.29) is 79.3 Å². The number of nitrogens with zero attached hydrogens (tertiary/aromatic N) is 2. The monoisotopic (exact) mass is 786 g/mol. The van der Waals surface area contributed by atoms with Gasteiger partial charge in [-0.1, -0.05) is 156 Å². The summed E-state index contributed by atoms with van der Waals surface area (Å²) in [6, 6.07) is 28.5. The van der Waals surface area contributed by atoms with Gasteiger partial charge in [-0.2, -0.15) is 10.2 Å². The molecule has 2 aromatic heterocycles. The second kappa shape index (κ2) is 16.9. The van der Waals surface area contributed by atoms with Crippen molar-refractivity contribution >= 4 is 21.5 Å². The van der Waals surface area contributed by atoms with Gasteiger partial charge in [-0.3, -0.25) is 9.59 Å². The molecule has 6 rings (SSSR count). The maximum atomic E-state index is 12.1. The molecule has 0 atom stereocenters. The van der Waals surface area contributed by atoms with Crippen LogP contribution in [0, 0.1) is 0 Å². The van der Waals surface area contributed by atoms with Crippen LogP contribution in [-0.4, -0.2) is 20.4 Å². The number of H-pyrrole nitrogens is 2. The Morgan fingerprint density at radius 2 is 0.736 bits per heavy atom. The smallest absolute Gasteiger partial charge is 1.00 e. The molecule has 2 N–H and O–H groups in total. The third-order valence-corrected chi connectivity index (χ3v) is 9.29. The molecule has 0 spiro atoms. The number of benzene rings is 4. The van der Waals surface area contributed by atoms with Gasteiger partial charge in [0.2, 0.25) is 0 Å². The van der Waals surface area contributed by atoms with Gasteiger partial charge in [0.25, 0.3) is 11.1 Å². The molecule has 0 saturated heterocycles. The van der Waals surface area contributed by atoms with Crippen LogP contribution in [0.1, 0.15) is 105 Å². The Hall–Kier alpha value is -3.55. The zero-order chi connectivity index (χ0) is 36.8. The van der Waals surface area contributed by atoms with Crippen molar-refractivity contribution in [2.75, 3.05) is 0 Å². The second-order valence-electron chi connectivity index (χ2n) is 17.4. The number of aromatic nitrogens is 4. The van der Waals surface area contributed by atoms with E-state index in [1.165, 1.54) is 22.3 Å². The molecule has 2 heterocycles. The van der Waals surface area contributed by atoms with Crippen LogP contribution in [-0.2, 0) is 43.4 Å². The van der Waals surface area contributed by atoms with Crippen molar-refractivity contribution in [3.63, 3.8) is 0 Å². The standard InChI is InChI=1S/2C22H26N2O.2ClH.Ti/c2*1-21(2,3)14-11-12-17(18(13-14)22(4,5)6)19-15-9-7-8-10-16(15)20(25)24-23-19;;;/h2*7-13H,1-6H3,(H,24,25);2*1H;/q;;;;+2/p-2. The average molecular weight is 788 g/mol. The molecule has 0 aliphatic rings. The number of hydrogen-bond acceptors (Lipinski definition) is 4. The van der Waals surface area contributed by atoms with Crippen LogP contribution in [0.4, 0.5) is 0 Å². The van der Waals surface area contributed by atoms with Crippen LogP contribution < -0.4 is 35.9 Å². The molecule has 9 heteroatoms. The molecule has 0 amide bonds. The third kappa shape index (κ3) is 9.96. The zero-order valence-electron chi connectivity index (χ0n) is 33.0. The predicted molar refractivity (Wildman–Crippen MR) is 210 cm³/mol. The number of nitrogens with one attached hydrogen (secondary N) is 2. The first-order chi connectivity index (χ1) is 23.2. The first kappa shape index (κ1) is 45.6. The van der Waals surface area contributed by atoms with Crippen molar-refractivity contribution < 1.29 is 46.5 Å². The fraction of sp³-hybridized carbons (Fsp3) is 0.364. The molecule has 0 unspecified atom stereocenters. The van der Waals surface area contributed by atoms with Crippen molar-refractivity contribution in [3.05, 3.63) is 128 Å². The summed E-state index contributed by atoms with van der Waals surface area (Å²) in [5, 5.41) is 17.3. The maximum Gasteiger partial charge on any atom is 2.00 e. The molecular formula is C44H52Cl2N4O2Ti. The van der Waals surface area contributed by atoms with E-state index < -0.39 is 0 Å². The van der Waals surface area contributed by atoms with Gasteiger partial charge >= 0.3 is 21.7 Å². The minimum Gasteiger partial charge on any atom is -1.00 e. The molecule has 4 aromatic carbocycles. The summed E-state index contributed by atoms with van der Waals surface area (Å²) in [4.78, 5) is 24.2. The van der Waals surface area contributed by atoms with E-state index in [1.54, 1.807) is 0 Å². The fourth-order valence-corrected chi connectivity index (χ4v) is 6.32. The Kier molecular flexibility index (Phi) is 14.5. The van der Waals surface area contributed by atoms with Crippen molar-refractivity contribution in [2.45, 2.75) is 105 Å². The Labute approximate surface area is 341 Å². The van der Waals surface area contributed by atoms with Crippen LogP contribution in [0.5, 0.6) is 0 Å². The van der Waals surface area contributed by atoms with Gasteiger partial charge in [0.05, 0.1) is 22.2 Å². The molecular weight excluding hydrogens is 735 g/mol. The van der Waals surface area contributed by atoms with Gasteiger partial charge in [-0.25, -0.2) is 10.2 Å². The largest absolute Gasteiger partial charge is 2.00 e. The third-order valence-electron chi connectivity index (χ3n) is 9.29. The van der Waals surface area contributed by atoms with Crippen molar-refractivity contribution in [3.8, 4) is 22.5 Å². The summed E-state index contributed by atoms with van der Waals surface area (Å²) in [6.45, 7) is 26.6. The Morgan fingerprint density at radius 1 is 0.434 bits per heavy atom. The molecule has 0 bridgehead atoms. The Bertz CT molecular complexity index is 2150. The first-order valence-corrected chi connectivity index (χ1v) is 17.4. The molecule has 0 fully saturated rings. The molecule has 0 aliphatic carbocycles. The molecule has 278 valence electrons. The summed E-state index contributed by atoms with van der Waals surface area (Å²) < 4.78 is 0. The van der Waals surface area contributed by atoms with Crippen LogP contribution >= 0.6 is 0 Å². The van der Waals surface area contributed by atoms with E-state index in [0.29, 0.717) is 10.8 Å². The topological polar surface area (TPSA) is 91.5 Å². The predicted octanol–water partition coefficient (Wildman–Crippen LogP) is 4.38. The normalized spacial score (nSPS) is 11.8. The van der Waals surface area contributed by atoms with Crippen LogP contribution in [0.3, 0.4) is 0 Å². The Balaban J connectivity index is 0.000000347. The summed E-state index contributed by atoms with van der Waals surface area (Å²) in [6.07, 6.45) is 0. The van der Waals surface area contributed by atoms with E-state index in [9.17, 15) is 9.59 Å². The number of halogens is 2. The Morgan fingerprint density at radius 3 is 1.02 bits per heavy atom. The molecule has 0 radical (unpaired) electrons. The molecule has 0 aliphatic heterocycles. The first-order valence-electron chi connectivity index (χ1n) is 17.4. The van der Waals surface area contributed by atoms with Crippen molar-refractivity contribution in [2.24, 2.45) is 0 Å². The van der Waals surface area contributed by atoms with E-state index in [0.717, 1.165) is 33.3 Å². The summed E-state index contributed by atoms with van der Waals surface area (Å²) >= 11 is 0. The van der Waals surface area contributed by atoms with E-state index in [2.05, 4.69) is 140 Å². The molecule has 6 nitrogen and oxygen atoms in total. The van der Waals surface area contributed by atoms with Crippen molar-refractivity contribution in [1.82, 2.24) is 20.4 Å². The quantitative estimate of drug-likeness (QED) is 0.255. The minimum atomic E-state index is -0.150. The van der Waals surface area contributed by atoms with Crippen LogP contribution in [0.25, 0.3) is 44.1 Å². The number of aromatic amines is 2. The maximum absolute atomic E-state index is 12.1. The molecule has 0 saturated carbocycles. The average Bonchev–Trinajstić information content (AvgIpc) is 3.04. The van der Waals surface area contributed by atoms with Crippen LogP contribution in [0.2, 0.25) is 0 Å². The van der Waals surface area contributed by atoms with Gasteiger partial charge in [-0.05, 0) is 56.0 Å². The summed E-state index contributed by atoms with van der Waals surface area (Å²) in [7, 11) is 0. The van der Waals surface area contributed by atoms with Gasteiger partial charge in [0, 0.05) is 21.9 Å². The summed E-state index contributed by atoms with van der Waals surface area (Å²) in [5.74, 6) is 0.